The Balaban J connectivity index is 2.31. The molecule has 0 saturated carbocycles. The molecule has 1 aliphatic rings. The van der Waals surface area contributed by atoms with E-state index in [2.05, 4.69) is 10.6 Å². The van der Waals surface area contributed by atoms with Gasteiger partial charge in [-0.05, 0) is 0 Å². The summed E-state index contributed by atoms with van der Waals surface area (Å²) >= 11 is 0. The first-order valence-electron chi connectivity index (χ1n) is 2.81. The first kappa shape index (κ1) is 6.44. The number of hydrogen-bond donors (Lipinski definition) is 1. The second-order valence-corrected chi connectivity index (χ2v) is 1.88. The summed E-state index contributed by atoms with van der Waals surface area (Å²) in [6, 6.07) is 0. The zero-order valence-electron chi connectivity index (χ0n) is 4.91. The molecular formula is C4H8N3O2. The molecule has 5 nitrogen and oxygen atoms in total. The van der Waals surface area contributed by atoms with Crippen LogP contribution in [0.4, 0.5) is 0 Å². The van der Waals surface area contributed by atoms with Gasteiger partial charge in [0.25, 0.3) is 6.17 Å². The molecule has 0 amide bonds. The van der Waals surface area contributed by atoms with Crippen LogP contribution in [0.15, 0.2) is 0 Å². The monoisotopic (exact) mass is 130 g/mol. The molecule has 0 aromatic carbocycles. The van der Waals surface area contributed by atoms with Crippen molar-refractivity contribution in [1.29, 1.82) is 0 Å². The number of piperazine rings is 1. The first-order chi connectivity index (χ1) is 4.30. The van der Waals surface area contributed by atoms with Gasteiger partial charge < -0.3 is 5.32 Å². The minimum Gasteiger partial charge on any atom is -0.308 e. The van der Waals surface area contributed by atoms with Crippen molar-refractivity contribution in [2.45, 2.75) is 6.17 Å². The van der Waals surface area contributed by atoms with Crippen molar-refractivity contribution in [2.75, 3.05) is 19.6 Å². The molecule has 9 heavy (non-hydrogen) atoms. The summed E-state index contributed by atoms with van der Waals surface area (Å²) in [6.45, 7) is 1.71. The number of nitrogens with zero attached hydrogens (tertiary/aromatic N) is 2. The predicted molar refractivity (Wildman–Crippen MR) is 30.7 cm³/mol. The molecular weight excluding hydrogens is 122 g/mol. The van der Waals surface area contributed by atoms with E-state index in [1.54, 1.807) is 0 Å². The fraction of sp³-hybridized carbons (Fsp3) is 1.00. The highest BCUT2D eigenvalue weighted by Crippen LogP contribution is 1.88. The summed E-state index contributed by atoms with van der Waals surface area (Å²) in [7, 11) is 0. The summed E-state index contributed by atoms with van der Waals surface area (Å²) in [5, 5.41) is 16.7. The van der Waals surface area contributed by atoms with Crippen molar-refractivity contribution >= 4 is 0 Å². The lowest BCUT2D eigenvalue weighted by molar-refractivity contribution is -0.529. The van der Waals surface area contributed by atoms with Crippen LogP contribution in [-0.2, 0) is 0 Å². The van der Waals surface area contributed by atoms with E-state index in [0.717, 1.165) is 6.54 Å². The average molecular weight is 130 g/mol. The van der Waals surface area contributed by atoms with Crippen LogP contribution in [0.3, 0.4) is 0 Å². The highest BCUT2D eigenvalue weighted by molar-refractivity contribution is 4.65. The smallest absolute Gasteiger partial charge is 0.293 e. The fourth-order valence-electron chi connectivity index (χ4n) is 0.730. The van der Waals surface area contributed by atoms with Crippen molar-refractivity contribution < 1.29 is 4.92 Å². The number of nitrogens with one attached hydrogen (secondary N) is 1. The van der Waals surface area contributed by atoms with E-state index in [-0.39, 0.29) is 4.92 Å². The van der Waals surface area contributed by atoms with Gasteiger partial charge in [0.2, 0.25) is 0 Å². The number of hydrogen-bond acceptors (Lipinski definition) is 3. The summed E-state index contributed by atoms with van der Waals surface area (Å²) in [5.41, 5.74) is 0. The van der Waals surface area contributed by atoms with Gasteiger partial charge in [0.15, 0.2) is 0 Å². The average Bonchev–Trinajstić information content (AvgIpc) is 1.90. The molecule has 1 radical (unpaired) electrons. The van der Waals surface area contributed by atoms with Crippen LogP contribution in [0, 0.1) is 10.1 Å². The van der Waals surface area contributed by atoms with Gasteiger partial charge in [-0.3, -0.25) is 10.1 Å². The summed E-state index contributed by atoms with van der Waals surface area (Å²) in [5.74, 6) is 0. The molecule has 5 heteroatoms. The molecule has 1 N–H and O–H groups in total. The quantitative estimate of drug-likeness (QED) is 0.358. The van der Waals surface area contributed by atoms with Gasteiger partial charge in [0, 0.05) is 18.0 Å². The molecule has 51 valence electrons. The van der Waals surface area contributed by atoms with Crippen molar-refractivity contribution in [3.8, 4) is 0 Å². The Bertz CT molecular complexity index is 110. The lowest BCUT2D eigenvalue weighted by Crippen LogP contribution is -2.48. The van der Waals surface area contributed by atoms with E-state index in [4.69, 9.17) is 0 Å². The Labute approximate surface area is 52.6 Å². The van der Waals surface area contributed by atoms with E-state index in [9.17, 15) is 10.1 Å². The highest BCUT2D eigenvalue weighted by Gasteiger charge is 2.22. The van der Waals surface area contributed by atoms with E-state index in [1.165, 1.54) is 0 Å². The molecule has 0 aliphatic carbocycles. The Morgan fingerprint density at radius 2 is 2.56 bits per heavy atom. The molecule has 0 aromatic rings. The van der Waals surface area contributed by atoms with Crippen LogP contribution >= 0.6 is 0 Å². The van der Waals surface area contributed by atoms with E-state index >= 15 is 0 Å². The normalized spacial score (nSPS) is 27.8. The molecule has 1 atom stereocenters. The van der Waals surface area contributed by atoms with Gasteiger partial charge in [-0.15, -0.1) is 0 Å². The van der Waals surface area contributed by atoms with Gasteiger partial charge in [-0.25, -0.2) is 0 Å². The molecule has 1 unspecified atom stereocenters. The first-order valence-corrected chi connectivity index (χ1v) is 2.81. The SMILES string of the molecule is O=[N+]([O-])C1CNCC[N]1. The van der Waals surface area contributed by atoms with Crippen molar-refractivity contribution in [1.82, 2.24) is 10.6 Å². The second kappa shape index (κ2) is 2.75. The summed E-state index contributed by atoms with van der Waals surface area (Å²) in [4.78, 5) is 9.66. The summed E-state index contributed by atoms with van der Waals surface area (Å²) in [6.07, 6.45) is -0.709. The van der Waals surface area contributed by atoms with Crippen LogP contribution < -0.4 is 10.6 Å². The maximum Gasteiger partial charge on any atom is 0.293 e. The van der Waals surface area contributed by atoms with Gasteiger partial charge in [-0.2, -0.15) is 5.32 Å². The lowest BCUT2D eigenvalue weighted by atomic mass is 10.4. The van der Waals surface area contributed by atoms with Crippen molar-refractivity contribution in [3.63, 3.8) is 0 Å². The topological polar surface area (TPSA) is 69.3 Å². The maximum absolute atomic E-state index is 10.0. The van der Waals surface area contributed by atoms with Crippen molar-refractivity contribution in [2.24, 2.45) is 0 Å². The third-order valence-corrected chi connectivity index (χ3v) is 1.20. The van der Waals surface area contributed by atoms with E-state index < -0.39 is 6.17 Å². The van der Waals surface area contributed by atoms with Gasteiger partial charge >= 0.3 is 0 Å². The predicted octanol–water partition coefficient (Wildman–Crippen LogP) is -1.20. The summed E-state index contributed by atoms with van der Waals surface area (Å²) < 4.78 is 0. The van der Waals surface area contributed by atoms with Crippen LogP contribution in [0.2, 0.25) is 0 Å². The number of nitro groups is 1. The van der Waals surface area contributed by atoms with Crippen LogP contribution in [-0.4, -0.2) is 30.7 Å². The Hall–Kier alpha value is -0.680. The minimum absolute atomic E-state index is 0.369. The Morgan fingerprint density at radius 3 is 2.89 bits per heavy atom. The Kier molecular flexibility index (Phi) is 1.96. The Morgan fingerprint density at radius 1 is 1.78 bits per heavy atom. The molecule has 1 saturated heterocycles. The third kappa shape index (κ3) is 1.62. The van der Waals surface area contributed by atoms with Crippen LogP contribution in [0.25, 0.3) is 0 Å². The van der Waals surface area contributed by atoms with E-state index in [1.807, 2.05) is 0 Å². The lowest BCUT2D eigenvalue weighted by Gasteiger charge is -2.14. The minimum atomic E-state index is -0.709. The fourth-order valence-corrected chi connectivity index (χ4v) is 0.730. The maximum atomic E-state index is 10.0. The van der Waals surface area contributed by atoms with Crippen LogP contribution in [0.5, 0.6) is 0 Å². The van der Waals surface area contributed by atoms with Gasteiger partial charge in [0.1, 0.15) is 0 Å². The van der Waals surface area contributed by atoms with Gasteiger partial charge in [-0.1, -0.05) is 0 Å². The van der Waals surface area contributed by atoms with Crippen molar-refractivity contribution in [3.05, 3.63) is 10.1 Å². The standard InChI is InChI=1S/C4H8N3O2/c8-7(9)4-3-5-1-2-6-4/h4-5H,1-3H2. The number of rotatable bonds is 1. The zero-order chi connectivity index (χ0) is 6.69. The largest absolute Gasteiger partial charge is 0.308 e. The second-order valence-electron chi connectivity index (χ2n) is 1.88. The van der Waals surface area contributed by atoms with Crippen LogP contribution in [0.1, 0.15) is 0 Å². The molecule has 1 fully saturated rings. The molecule has 1 aliphatic heterocycles. The molecule has 0 aromatic heterocycles. The van der Waals surface area contributed by atoms with Gasteiger partial charge in [0.05, 0.1) is 6.54 Å². The van der Waals surface area contributed by atoms with E-state index in [0.29, 0.717) is 13.1 Å². The molecule has 1 rings (SSSR count). The molecule has 1 heterocycles. The highest BCUT2D eigenvalue weighted by atomic mass is 16.6. The third-order valence-electron chi connectivity index (χ3n) is 1.20. The zero-order valence-corrected chi connectivity index (χ0v) is 4.91. The molecule has 0 bridgehead atoms. The molecule has 0 spiro atoms.